The number of nitrogens with one attached hydrogen (secondary N) is 1. The number of hydrogen-bond donors (Lipinski definition) is 3. The molecule has 2 saturated heterocycles. The largest absolute Gasteiger partial charge is 0.481 e. The van der Waals surface area contributed by atoms with Crippen LogP contribution in [0.3, 0.4) is 0 Å². The number of piperidine rings is 1. The second-order valence-corrected chi connectivity index (χ2v) is 9.77. The molecule has 8 heteroatoms. The summed E-state index contributed by atoms with van der Waals surface area (Å²) in [4.78, 5) is 39.3. The first kappa shape index (κ1) is 23.4. The lowest BCUT2D eigenvalue weighted by Crippen LogP contribution is -2.55. The predicted octanol–water partition coefficient (Wildman–Crippen LogP) is 3.13. The Morgan fingerprint density at radius 1 is 0.971 bits per heavy atom. The highest BCUT2D eigenvalue weighted by molar-refractivity contribution is 5.90. The van der Waals surface area contributed by atoms with E-state index < -0.39 is 24.5 Å². The number of carbonyl (C=O) groups is 3. The topological polar surface area (TPSA) is 116 Å². The first-order valence-electron chi connectivity index (χ1n) is 12.2. The molecule has 3 unspecified atom stereocenters. The van der Waals surface area contributed by atoms with Crippen LogP contribution in [0.4, 0.5) is 4.79 Å². The quantitative estimate of drug-likeness (QED) is 0.563. The molecular formula is C27H30N2O6. The van der Waals surface area contributed by atoms with E-state index in [9.17, 15) is 24.6 Å². The van der Waals surface area contributed by atoms with Crippen molar-refractivity contribution in [2.45, 2.75) is 56.1 Å². The molecule has 3 aliphatic rings. The smallest absolute Gasteiger partial charge is 0.407 e. The lowest BCUT2D eigenvalue weighted by Gasteiger charge is -2.40. The van der Waals surface area contributed by atoms with Gasteiger partial charge in [0.25, 0.3) is 0 Å². The van der Waals surface area contributed by atoms with Gasteiger partial charge in [0, 0.05) is 24.6 Å². The number of alkyl carbamates (subject to hydrolysis) is 1. The summed E-state index contributed by atoms with van der Waals surface area (Å²) >= 11 is 0. The molecule has 0 saturated carbocycles. The van der Waals surface area contributed by atoms with Crippen molar-refractivity contribution in [1.29, 1.82) is 0 Å². The molecule has 2 heterocycles. The Bertz CT molecular complexity index is 1070. The molecule has 2 aromatic rings. The number of aliphatic carboxylic acids is 1. The molecule has 5 rings (SSSR count). The Morgan fingerprint density at radius 3 is 2.09 bits per heavy atom. The minimum Gasteiger partial charge on any atom is -0.481 e. The second kappa shape index (κ2) is 9.70. The number of hydrogen-bond acceptors (Lipinski definition) is 5. The van der Waals surface area contributed by atoms with Crippen LogP contribution >= 0.6 is 0 Å². The van der Waals surface area contributed by atoms with Crippen LogP contribution in [-0.4, -0.2) is 64.4 Å². The van der Waals surface area contributed by atoms with E-state index in [2.05, 4.69) is 5.32 Å². The Hall–Kier alpha value is -3.39. The number of aliphatic hydroxyl groups excluding tert-OH is 1. The Labute approximate surface area is 203 Å². The van der Waals surface area contributed by atoms with Gasteiger partial charge >= 0.3 is 12.1 Å². The minimum atomic E-state index is -1.20. The van der Waals surface area contributed by atoms with Crippen molar-refractivity contribution in [2.75, 3.05) is 13.2 Å². The zero-order chi connectivity index (χ0) is 24.5. The molecule has 2 amide bonds. The highest BCUT2D eigenvalue weighted by atomic mass is 16.5. The first-order chi connectivity index (χ1) is 17.0. The molecule has 0 spiro atoms. The van der Waals surface area contributed by atoms with Crippen molar-refractivity contribution in [3.05, 3.63) is 59.7 Å². The average Bonchev–Trinajstić information content (AvgIpc) is 3.32. The van der Waals surface area contributed by atoms with Gasteiger partial charge in [-0.3, -0.25) is 9.59 Å². The fourth-order valence-electron chi connectivity index (χ4n) is 6.14. The van der Waals surface area contributed by atoms with Crippen molar-refractivity contribution in [1.82, 2.24) is 10.2 Å². The normalized spacial score (nSPS) is 23.3. The van der Waals surface area contributed by atoms with Crippen molar-refractivity contribution < 1.29 is 29.3 Å². The van der Waals surface area contributed by atoms with E-state index in [-0.39, 0.29) is 43.0 Å². The van der Waals surface area contributed by atoms with E-state index in [1.807, 2.05) is 48.5 Å². The van der Waals surface area contributed by atoms with Crippen molar-refractivity contribution >= 4 is 18.0 Å². The maximum atomic E-state index is 13.3. The van der Waals surface area contributed by atoms with E-state index >= 15 is 0 Å². The van der Waals surface area contributed by atoms with Crippen LogP contribution in [0.5, 0.6) is 0 Å². The van der Waals surface area contributed by atoms with Crippen LogP contribution in [-0.2, 0) is 14.3 Å². The molecule has 8 nitrogen and oxygen atoms in total. The fraction of sp³-hybridized carbons (Fsp3) is 0.444. The number of nitrogens with zero attached hydrogens (tertiary/aromatic N) is 1. The van der Waals surface area contributed by atoms with E-state index in [0.29, 0.717) is 12.8 Å². The standard InChI is InChI=1S/C27H30N2O6/c30-14-16-11-17-9-10-18(12-16)29(17)26(33)24(13-25(31)32)28-27(34)35-15-23-21-7-3-1-5-19(21)20-6-2-4-8-22(20)23/h1-8,16-18,23-24,30H,9-15H2,(H,28,34)(H,31,32). The van der Waals surface area contributed by atoms with Gasteiger partial charge in [-0.05, 0) is 53.9 Å². The molecule has 0 radical (unpaired) electrons. The van der Waals surface area contributed by atoms with E-state index in [0.717, 1.165) is 35.1 Å². The molecule has 3 atom stereocenters. The average molecular weight is 479 g/mol. The minimum absolute atomic E-state index is 0.0287. The number of carboxylic acids is 1. The Morgan fingerprint density at radius 2 is 1.54 bits per heavy atom. The van der Waals surface area contributed by atoms with E-state index in [1.165, 1.54) is 0 Å². The SMILES string of the molecule is O=C(O)CC(NC(=O)OCC1c2ccccc2-c2ccccc21)C(=O)N1C2CCC1CC(CO)C2. The zero-order valence-corrected chi connectivity index (χ0v) is 19.4. The van der Waals surface area contributed by atoms with Gasteiger partial charge in [-0.1, -0.05) is 48.5 Å². The number of carboxylic acid groups (broad SMARTS) is 1. The second-order valence-electron chi connectivity index (χ2n) is 9.77. The Kier molecular flexibility index (Phi) is 6.47. The lowest BCUT2D eigenvalue weighted by atomic mass is 9.90. The number of rotatable bonds is 7. The maximum Gasteiger partial charge on any atom is 0.407 e. The number of ether oxygens (including phenoxy) is 1. The van der Waals surface area contributed by atoms with Crippen LogP contribution < -0.4 is 5.32 Å². The third-order valence-corrected chi connectivity index (χ3v) is 7.66. The first-order valence-corrected chi connectivity index (χ1v) is 12.2. The van der Waals surface area contributed by atoms with Gasteiger partial charge in [-0.25, -0.2) is 4.79 Å². The molecular weight excluding hydrogens is 448 g/mol. The summed E-state index contributed by atoms with van der Waals surface area (Å²) in [5.41, 5.74) is 4.36. The fourth-order valence-corrected chi connectivity index (χ4v) is 6.14. The highest BCUT2D eigenvalue weighted by Gasteiger charge is 2.45. The van der Waals surface area contributed by atoms with Gasteiger partial charge in [0.1, 0.15) is 12.6 Å². The molecule has 2 aromatic carbocycles. The summed E-state index contributed by atoms with van der Waals surface area (Å²) in [5.74, 6) is -1.52. The molecule has 2 fully saturated rings. The number of aliphatic hydroxyl groups is 1. The highest BCUT2D eigenvalue weighted by Crippen LogP contribution is 2.44. The monoisotopic (exact) mass is 478 g/mol. The Balaban J connectivity index is 1.26. The third kappa shape index (κ3) is 4.50. The van der Waals surface area contributed by atoms with Gasteiger partial charge in [-0.2, -0.15) is 0 Å². The summed E-state index contributed by atoms with van der Waals surface area (Å²) in [6.07, 6.45) is 1.74. The van der Waals surface area contributed by atoms with E-state index in [4.69, 9.17) is 4.74 Å². The van der Waals surface area contributed by atoms with Crippen LogP contribution in [0.1, 0.15) is 49.1 Å². The van der Waals surface area contributed by atoms with Gasteiger partial charge in [0.05, 0.1) is 6.42 Å². The lowest BCUT2D eigenvalue weighted by molar-refractivity contribution is -0.145. The molecule has 2 aliphatic heterocycles. The van der Waals surface area contributed by atoms with Gasteiger partial charge < -0.3 is 25.2 Å². The van der Waals surface area contributed by atoms with Crippen molar-refractivity contribution in [3.8, 4) is 11.1 Å². The van der Waals surface area contributed by atoms with Crippen LogP contribution in [0.25, 0.3) is 11.1 Å². The van der Waals surface area contributed by atoms with Crippen LogP contribution in [0, 0.1) is 5.92 Å². The molecule has 35 heavy (non-hydrogen) atoms. The van der Waals surface area contributed by atoms with Crippen LogP contribution in [0.2, 0.25) is 0 Å². The molecule has 3 N–H and O–H groups in total. The van der Waals surface area contributed by atoms with Gasteiger partial charge in [0.2, 0.25) is 5.91 Å². The maximum absolute atomic E-state index is 13.3. The van der Waals surface area contributed by atoms with E-state index in [1.54, 1.807) is 4.90 Å². The summed E-state index contributed by atoms with van der Waals surface area (Å²) < 4.78 is 5.55. The molecule has 2 bridgehead atoms. The van der Waals surface area contributed by atoms with Crippen molar-refractivity contribution in [2.24, 2.45) is 5.92 Å². The predicted molar refractivity (Wildman–Crippen MR) is 128 cm³/mol. The molecule has 184 valence electrons. The third-order valence-electron chi connectivity index (χ3n) is 7.66. The van der Waals surface area contributed by atoms with Crippen molar-refractivity contribution in [3.63, 3.8) is 0 Å². The number of carbonyl (C=O) groups excluding carboxylic acids is 2. The summed E-state index contributed by atoms with van der Waals surface area (Å²) in [6, 6.07) is 14.7. The summed E-state index contributed by atoms with van der Waals surface area (Å²) in [5, 5.41) is 21.5. The summed E-state index contributed by atoms with van der Waals surface area (Å²) in [6.45, 7) is 0.173. The number of amides is 2. The summed E-state index contributed by atoms with van der Waals surface area (Å²) in [7, 11) is 0. The number of benzene rings is 2. The molecule has 1 aliphatic carbocycles. The zero-order valence-electron chi connectivity index (χ0n) is 19.4. The number of fused-ring (bicyclic) bond motifs is 5. The van der Waals surface area contributed by atoms with Crippen LogP contribution in [0.15, 0.2) is 48.5 Å². The van der Waals surface area contributed by atoms with Gasteiger partial charge in [0.15, 0.2) is 0 Å². The molecule has 0 aromatic heterocycles. The van der Waals surface area contributed by atoms with Gasteiger partial charge in [-0.15, -0.1) is 0 Å².